The van der Waals surface area contributed by atoms with Crippen LogP contribution in [0.4, 0.5) is 0 Å². The molecule has 6 heteroatoms. The third-order valence-electron chi connectivity index (χ3n) is 5.98. The van der Waals surface area contributed by atoms with E-state index in [0.717, 1.165) is 29.7 Å². The quantitative estimate of drug-likeness (QED) is 0.133. The fraction of sp³-hybridized carbons (Fsp3) is 0.500. The summed E-state index contributed by atoms with van der Waals surface area (Å²) < 4.78 is 5.76. The molecular formula is C30H43N3O3. The van der Waals surface area contributed by atoms with E-state index in [2.05, 4.69) is 22.8 Å². The van der Waals surface area contributed by atoms with Gasteiger partial charge in [0.2, 0.25) is 5.91 Å². The molecule has 0 heterocycles. The number of unbranched alkanes of at least 4 members (excludes halogenated alkanes) is 10. The van der Waals surface area contributed by atoms with Crippen molar-refractivity contribution in [2.75, 3.05) is 6.54 Å². The molecule has 0 saturated heterocycles. The number of ether oxygens (including phenoxy) is 1. The summed E-state index contributed by atoms with van der Waals surface area (Å²) in [6, 6.07) is 17.4. The van der Waals surface area contributed by atoms with Gasteiger partial charge < -0.3 is 10.1 Å². The van der Waals surface area contributed by atoms with E-state index < -0.39 is 0 Å². The Bertz CT molecular complexity index is 882. The van der Waals surface area contributed by atoms with Gasteiger partial charge in [0, 0.05) is 6.42 Å². The van der Waals surface area contributed by atoms with Crippen molar-refractivity contribution in [3.63, 3.8) is 0 Å². The molecule has 0 atom stereocenters. The lowest BCUT2D eigenvalue weighted by Gasteiger charge is -2.06. The molecule has 0 unspecified atom stereocenters. The lowest BCUT2D eigenvalue weighted by atomic mass is 10.1. The average Bonchev–Trinajstić information content (AvgIpc) is 2.90. The fourth-order valence-electron chi connectivity index (χ4n) is 3.83. The van der Waals surface area contributed by atoms with Gasteiger partial charge in [0.15, 0.2) is 0 Å². The van der Waals surface area contributed by atoms with Crippen LogP contribution in [-0.4, -0.2) is 24.6 Å². The Hall–Kier alpha value is -3.15. The zero-order valence-corrected chi connectivity index (χ0v) is 21.8. The summed E-state index contributed by atoms with van der Waals surface area (Å²) in [5.74, 6) is 0.332. The number of carbonyl (C=O) groups is 2. The van der Waals surface area contributed by atoms with Gasteiger partial charge in [-0.3, -0.25) is 9.59 Å². The molecule has 0 saturated carbocycles. The first-order valence-electron chi connectivity index (χ1n) is 13.5. The van der Waals surface area contributed by atoms with Gasteiger partial charge in [0.25, 0.3) is 5.91 Å². The molecule has 2 aromatic carbocycles. The highest BCUT2D eigenvalue weighted by Gasteiger charge is 2.05. The molecule has 0 aliphatic heterocycles. The van der Waals surface area contributed by atoms with Crippen LogP contribution in [0.3, 0.4) is 0 Å². The predicted octanol–water partition coefficient (Wildman–Crippen LogP) is 6.53. The molecule has 2 amide bonds. The number of rotatable bonds is 19. The van der Waals surface area contributed by atoms with Crippen molar-refractivity contribution in [1.82, 2.24) is 10.7 Å². The second kappa shape index (κ2) is 19.1. The van der Waals surface area contributed by atoms with Crippen LogP contribution >= 0.6 is 0 Å². The van der Waals surface area contributed by atoms with E-state index in [4.69, 9.17) is 4.74 Å². The van der Waals surface area contributed by atoms with Gasteiger partial charge in [-0.05, 0) is 41.8 Å². The summed E-state index contributed by atoms with van der Waals surface area (Å²) in [5.41, 5.74) is 4.39. The van der Waals surface area contributed by atoms with Crippen LogP contribution in [-0.2, 0) is 16.2 Å². The van der Waals surface area contributed by atoms with E-state index >= 15 is 0 Å². The zero-order valence-electron chi connectivity index (χ0n) is 21.8. The number of nitrogens with zero attached hydrogens (tertiary/aromatic N) is 1. The highest BCUT2D eigenvalue weighted by molar-refractivity contribution is 5.86. The van der Waals surface area contributed by atoms with Gasteiger partial charge in [-0.25, -0.2) is 5.43 Å². The van der Waals surface area contributed by atoms with E-state index in [1.807, 2.05) is 54.6 Å². The fourth-order valence-corrected chi connectivity index (χ4v) is 3.83. The minimum Gasteiger partial charge on any atom is -0.489 e. The third-order valence-corrected chi connectivity index (χ3v) is 5.98. The van der Waals surface area contributed by atoms with Crippen LogP contribution in [0.25, 0.3) is 0 Å². The number of hydrogen-bond acceptors (Lipinski definition) is 4. The number of hydrogen-bond donors (Lipinski definition) is 2. The summed E-state index contributed by atoms with van der Waals surface area (Å²) >= 11 is 0. The minimum absolute atomic E-state index is 0.0690. The summed E-state index contributed by atoms with van der Waals surface area (Å²) in [6.07, 6.45) is 15.8. The van der Waals surface area contributed by atoms with Crippen molar-refractivity contribution in [2.24, 2.45) is 5.10 Å². The third kappa shape index (κ3) is 14.3. The van der Waals surface area contributed by atoms with Gasteiger partial charge in [-0.1, -0.05) is 101 Å². The molecule has 0 aliphatic carbocycles. The first-order chi connectivity index (χ1) is 17.7. The maximum absolute atomic E-state index is 11.9. The van der Waals surface area contributed by atoms with E-state index in [0.29, 0.717) is 13.0 Å². The maximum Gasteiger partial charge on any atom is 0.259 e. The Morgan fingerprint density at radius 1 is 0.778 bits per heavy atom. The molecule has 196 valence electrons. The minimum atomic E-state index is -0.346. The van der Waals surface area contributed by atoms with Gasteiger partial charge in [0.05, 0.1) is 12.8 Å². The van der Waals surface area contributed by atoms with Gasteiger partial charge in [-0.2, -0.15) is 5.10 Å². The van der Waals surface area contributed by atoms with Crippen molar-refractivity contribution < 1.29 is 14.3 Å². The van der Waals surface area contributed by atoms with Gasteiger partial charge in [0.1, 0.15) is 12.4 Å². The number of benzene rings is 2. The summed E-state index contributed by atoms with van der Waals surface area (Å²) in [7, 11) is 0. The normalized spacial score (nSPS) is 10.9. The number of carbonyl (C=O) groups excluding carboxylic acids is 2. The molecule has 2 N–H and O–H groups in total. The Morgan fingerprint density at radius 3 is 2.03 bits per heavy atom. The molecule has 0 bridgehead atoms. The second-order valence-electron chi connectivity index (χ2n) is 9.20. The first kappa shape index (κ1) is 29.1. The molecule has 0 aliphatic rings. The summed E-state index contributed by atoms with van der Waals surface area (Å²) in [5, 5.41) is 6.62. The van der Waals surface area contributed by atoms with Crippen LogP contribution in [0.1, 0.15) is 95.1 Å². The molecule has 0 fully saturated rings. The highest BCUT2D eigenvalue weighted by atomic mass is 16.5. The van der Waals surface area contributed by atoms with Crippen LogP contribution < -0.4 is 15.5 Å². The van der Waals surface area contributed by atoms with E-state index in [1.54, 1.807) is 6.21 Å². The Kier molecular flexibility index (Phi) is 15.4. The lowest BCUT2D eigenvalue weighted by molar-refractivity contribution is -0.126. The molecule has 2 rings (SSSR count). The van der Waals surface area contributed by atoms with Crippen molar-refractivity contribution in [3.8, 4) is 5.75 Å². The van der Waals surface area contributed by atoms with Crippen molar-refractivity contribution >= 4 is 18.0 Å². The van der Waals surface area contributed by atoms with E-state index in [1.165, 1.54) is 57.8 Å². The molecule has 36 heavy (non-hydrogen) atoms. The maximum atomic E-state index is 11.9. The van der Waals surface area contributed by atoms with E-state index in [9.17, 15) is 9.59 Å². The van der Waals surface area contributed by atoms with Gasteiger partial charge in [-0.15, -0.1) is 0 Å². The van der Waals surface area contributed by atoms with Crippen molar-refractivity contribution in [1.29, 1.82) is 0 Å². The lowest BCUT2D eigenvalue weighted by Crippen LogP contribution is -2.34. The largest absolute Gasteiger partial charge is 0.489 e. The van der Waals surface area contributed by atoms with Crippen molar-refractivity contribution in [2.45, 2.75) is 90.6 Å². The second-order valence-corrected chi connectivity index (χ2v) is 9.20. The SMILES string of the molecule is CCCCCCCCCCCCCC(=O)NCC(=O)N/N=C\c1ccc(OCc2ccccc2)cc1. The molecular weight excluding hydrogens is 450 g/mol. The average molecular weight is 494 g/mol. The van der Waals surface area contributed by atoms with E-state index in [-0.39, 0.29) is 18.4 Å². The number of amides is 2. The molecule has 0 spiro atoms. The summed E-state index contributed by atoms with van der Waals surface area (Å²) in [4.78, 5) is 23.8. The molecule has 0 aromatic heterocycles. The summed E-state index contributed by atoms with van der Waals surface area (Å²) in [6.45, 7) is 2.69. The standard InChI is InChI=1S/C30H43N3O3/c1-2-3-4-5-6-7-8-9-10-11-15-18-29(34)31-24-30(35)33-32-23-26-19-21-28(22-20-26)36-25-27-16-13-12-14-17-27/h12-14,16-17,19-23H,2-11,15,18,24-25H2,1H3,(H,31,34)(H,33,35)/b32-23-. The van der Waals surface area contributed by atoms with Crippen LogP contribution in [0.2, 0.25) is 0 Å². The van der Waals surface area contributed by atoms with Crippen LogP contribution in [0.5, 0.6) is 5.75 Å². The number of hydrazone groups is 1. The number of nitrogens with one attached hydrogen (secondary N) is 2. The van der Waals surface area contributed by atoms with Crippen molar-refractivity contribution in [3.05, 3.63) is 65.7 Å². The molecule has 6 nitrogen and oxygen atoms in total. The zero-order chi connectivity index (χ0) is 25.7. The Balaban J connectivity index is 1.48. The smallest absolute Gasteiger partial charge is 0.259 e. The molecule has 0 radical (unpaired) electrons. The Morgan fingerprint density at radius 2 is 1.39 bits per heavy atom. The van der Waals surface area contributed by atoms with Gasteiger partial charge >= 0.3 is 0 Å². The monoisotopic (exact) mass is 493 g/mol. The predicted molar refractivity (Wildman–Crippen MR) is 147 cm³/mol. The molecule has 2 aromatic rings. The van der Waals surface area contributed by atoms with Crippen LogP contribution in [0, 0.1) is 0 Å². The van der Waals surface area contributed by atoms with Crippen LogP contribution in [0.15, 0.2) is 59.7 Å². The topological polar surface area (TPSA) is 79.8 Å². The first-order valence-corrected chi connectivity index (χ1v) is 13.5. The highest BCUT2D eigenvalue weighted by Crippen LogP contribution is 2.14. The Labute approximate surface area is 216 Å².